The molecule has 0 aliphatic carbocycles. The fraction of sp³-hybridized carbons (Fsp3) is 0.118. The van der Waals surface area contributed by atoms with Gasteiger partial charge in [0, 0.05) is 18.8 Å². The zero-order valence-electron chi connectivity index (χ0n) is 13.8. The molecule has 3 rings (SSSR count). The second-order valence-electron chi connectivity index (χ2n) is 5.21. The number of halogens is 3. The van der Waals surface area contributed by atoms with Crippen molar-refractivity contribution in [3.8, 4) is 17.6 Å². The van der Waals surface area contributed by atoms with Crippen molar-refractivity contribution in [2.24, 2.45) is 7.05 Å². The third kappa shape index (κ3) is 4.88. The van der Waals surface area contributed by atoms with Gasteiger partial charge in [0.2, 0.25) is 0 Å². The Labute approximate surface area is 150 Å². The van der Waals surface area contributed by atoms with Gasteiger partial charge in [-0.05, 0) is 18.2 Å². The fourth-order valence-electron chi connectivity index (χ4n) is 2.05. The van der Waals surface area contributed by atoms with Crippen LogP contribution in [0.3, 0.4) is 0 Å². The molecule has 3 aromatic rings. The Morgan fingerprint density at radius 1 is 1.26 bits per heavy atom. The maximum atomic E-state index is 10.6. The molecule has 4 N–H and O–H groups in total. The maximum Gasteiger partial charge on any atom is 0.490 e. The standard InChI is InChI=1S/C15H12N4O.C2HF3O2/c1-19-8-11(13-14(16)17-9-18-15(13)19)6-5-10-3-2-4-12(20)7-10;3-2(4,5)1(6)7/h2-4,7-9,20H,1H3,(H2,16,17,18);(H,6,7). The van der Waals surface area contributed by atoms with E-state index in [0.717, 1.165) is 22.2 Å². The van der Waals surface area contributed by atoms with Gasteiger partial charge < -0.3 is 20.5 Å². The highest BCUT2D eigenvalue weighted by molar-refractivity contribution is 5.92. The van der Waals surface area contributed by atoms with Crippen LogP contribution in [-0.2, 0) is 11.8 Å². The van der Waals surface area contributed by atoms with Gasteiger partial charge in [0.1, 0.15) is 23.5 Å². The smallest absolute Gasteiger partial charge is 0.490 e. The van der Waals surface area contributed by atoms with Gasteiger partial charge in [0.15, 0.2) is 0 Å². The van der Waals surface area contributed by atoms with Crippen LogP contribution >= 0.6 is 0 Å². The van der Waals surface area contributed by atoms with Gasteiger partial charge >= 0.3 is 12.1 Å². The van der Waals surface area contributed by atoms with E-state index in [9.17, 15) is 18.3 Å². The van der Waals surface area contributed by atoms with Crippen LogP contribution < -0.4 is 5.73 Å². The number of nitrogens with zero attached hydrogens (tertiary/aromatic N) is 3. The van der Waals surface area contributed by atoms with Crippen LogP contribution in [0.25, 0.3) is 11.0 Å². The van der Waals surface area contributed by atoms with Crippen LogP contribution in [0.2, 0.25) is 0 Å². The van der Waals surface area contributed by atoms with E-state index in [-0.39, 0.29) is 5.75 Å². The molecule has 27 heavy (non-hydrogen) atoms. The lowest BCUT2D eigenvalue weighted by Crippen LogP contribution is -2.21. The van der Waals surface area contributed by atoms with Crippen molar-refractivity contribution in [1.29, 1.82) is 0 Å². The Morgan fingerprint density at radius 3 is 2.52 bits per heavy atom. The SMILES string of the molecule is Cn1cc(C#Cc2cccc(O)c2)c2c(N)ncnc21.O=C(O)C(F)(F)F. The number of hydrogen-bond donors (Lipinski definition) is 3. The van der Waals surface area contributed by atoms with Crippen LogP contribution in [0.1, 0.15) is 11.1 Å². The van der Waals surface area contributed by atoms with E-state index in [1.165, 1.54) is 6.33 Å². The third-order valence-corrected chi connectivity index (χ3v) is 3.21. The first-order valence-electron chi connectivity index (χ1n) is 7.26. The van der Waals surface area contributed by atoms with Crippen molar-refractivity contribution >= 4 is 22.8 Å². The van der Waals surface area contributed by atoms with Crippen LogP contribution in [0.5, 0.6) is 5.75 Å². The summed E-state index contributed by atoms with van der Waals surface area (Å²) in [5, 5.41) is 17.3. The molecule has 0 amide bonds. The molecule has 0 saturated carbocycles. The summed E-state index contributed by atoms with van der Waals surface area (Å²) in [5.41, 5.74) is 8.14. The van der Waals surface area contributed by atoms with Gasteiger partial charge in [-0.3, -0.25) is 0 Å². The van der Waals surface area contributed by atoms with Gasteiger partial charge in [0.05, 0.1) is 10.9 Å². The zero-order chi connectivity index (χ0) is 20.2. The molecule has 0 atom stereocenters. The average molecular weight is 378 g/mol. The highest BCUT2D eigenvalue weighted by Gasteiger charge is 2.38. The minimum Gasteiger partial charge on any atom is -0.508 e. The number of carbonyl (C=O) groups is 1. The van der Waals surface area contributed by atoms with E-state index < -0.39 is 12.1 Å². The number of hydrogen-bond acceptors (Lipinski definition) is 5. The molecule has 0 aliphatic rings. The van der Waals surface area contributed by atoms with E-state index >= 15 is 0 Å². The number of phenolic OH excluding ortho intramolecular Hbond substituents is 1. The second-order valence-corrected chi connectivity index (χ2v) is 5.21. The maximum absolute atomic E-state index is 10.6. The molecule has 140 valence electrons. The van der Waals surface area contributed by atoms with Gasteiger partial charge in [-0.1, -0.05) is 17.9 Å². The molecule has 0 saturated heterocycles. The summed E-state index contributed by atoms with van der Waals surface area (Å²) in [6.45, 7) is 0. The summed E-state index contributed by atoms with van der Waals surface area (Å²) >= 11 is 0. The molecular formula is C17H13F3N4O3. The van der Waals surface area contributed by atoms with E-state index in [4.69, 9.17) is 15.6 Å². The molecule has 0 aliphatic heterocycles. The van der Waals surface area contributed by atoms with Crippen molar-refractivity contribution in [2.45, 2.75) is 6.18 Å². The number of fused-ring (bicyclic) bond motifs is 1. The number of rotatable bonds is 0. The molecule has 1 aromatic carbocycles. The molecule has 0 bridgehead atoms. The minimum atomic E-state index is -5.08. The predicted molar refractivity (Wildman–Crippen MR) is 90.7 cm³/mol. The summed E-state index contributed by atoms with van der Waals surface area (Å²) in [4.78, 5) is 17.1. The average Bonchev–Trinajstić information content (AvgIpc) is 2.90. The zero-order valence-corrected chi connectivity index (χ0v) is 13.8. The van der Waals surface area contributed by atoms with E-state index in [1.807, 2.05) is 23.9 Å². The van der Waals surface area contributed by atoms with Crippen LogP contribution in [0.15, 0.2) is 36.8 Å². The lowest BCUT2D eigenvalue weighted by Gasteiger charge is -1.96. The topological polar surface area (TPSA) is 114 Å². The Morgan fingerprint density at radius 2 is 1.93 bits per heavy atom. The summed E-state index contributed by atoms with van der Waals surface area (Å²) in [7, 11) is 1.88. The van der Waals surface area contributed by atoms with Gasteiger partial charge in [-0.25, -0.2) is 14.8 Å². The summed E-state index contributed by atoms with van der Waals surface area (Å²) < 4.78 is 33.6. The van der Waals surface area contributed by atoms with Gasteiger partial charge in [0.25, 0.3) is 0 Å². The minimum absolute atomic E-state index is 0.192. The highest BCUT2D eigenvalue weighted by atomic mass is 19.4. The fourth-order valence-corrected chi connectivity index (χ4v) is 2.05. The number of aryl methyl sites for hydroxylation is 1. The first-order valence-corrected chi connectivity index (χ1v) is 7.26. The molecule has 0 fully saturated rings. The largest absolute Gasteiger partial charge is 0.508 e. The van der Waals surface area contributed by atoms with E-state index in [2.05, 4.69) is 21.8 Å². The number of aromatic nitrogens is 3. The first-order chi connectivity index (χ1) is 12.6. The normalized spacial score (nSPS) is 10.5. The summed E-state index contributed by atoms with van der Waals surface area (Å²) in [6.07, 6.45) is -1.78. The van der Waals surface area contributed by atoms with Crippen molar-refractivity contribution < 1.29 is 28.2 Å². The van der Waals surface area contributed by atoms with Crippen molar-refractivity contribution in [3.05, 3.63) is 47.9 Å². The van der Waals surface area contributed by atoms with Crippen molar-refractivity contribution in [1.82, 2.24) is 14.5 Å². The Balaban J connectivity index is 0.000000321. The van der Waals surface area contributed by atoms with Gasteiger partial charge in [-0.2, -0.15) is 13.2 Å². The third-order valence-electron chi connectivity index (χ3n) is 3.21. The molecular weight excluding hydrogens is 365 g/mol. The number of nitrogens with two attached hydrogens (primary N) is 1. The molecule has 10 heteroatoms. The molecule has 2 heterocycles. The van der Waals surface area contributed by atoms with Crippen LogP contribution in [0.4, 0.5) is 19.0 Å². The number of phenols is 1. The summed E-state index contributed by atoms with van der Waals surface area (Å²) in [6, 6.07) is 6.80. The number of carboxylic acid groups (broad SMARTS) is 1. The number of carboxylic acids is 1. The van der Waals surface area contributed by atoms with E-state index in [1.54, 1.807) is 18.2 Å². The highest BCUT2D eigenvalue weighted by Crippen LogP contribution is 2.22. The van der Waals surface area contributed by atoms with Crippen LogP contribution in [0, 0.1) is 11.8 Å². The number of aromatic hydroxyl groups is 1. The monoisotopic (exact) mass is 378 g/mol. The lowest BCUT2D eigenvalue weighted by molar-refractivity contribution is -0.192. The van der Waals surface area contributed by atoms with Crippen molar-refractivity contribution in [3.63, 3.8) is 0 Å². The Hall–Kier alpha value is -3.74. The molecule has 0 radical (unpaired) electrons. The number of aliphatic carboxylic acids is 1. The number of benzene rings is 1. The van der Waals surface area contributed by atoms with E-state index in [0.29, 0.717) is 5.82 Å². The molecule has 0 spiro atoms. The van der Waals surface area contributed by atoms with Gasteiger partial charge in [-0.15, -0.1) is 0 Å². The second kappa shape index (κ2) is 7.65. The first kappa shape index (κ1) is 19.6. The molecule has 7 nitrogen and oxygen atoms in total. The Kier molecular flexibility index (Phi) is 5.55. The summed E-state index contributed by atoms with van der Waals surface area (Å²) in [5.74, 6) is 3.90. The number of anilines is 1. The quantitative estimate of drug-likeness (QED) is 0.517. The molecule has 0 unspecified atom stereocenters. The van der Waals surface area contributed by atoms with Crippen molar-refractivity contribution in [2.75, 3.05) is 5.73 Å². The number of nitrogen functional groups attached to an aromatic ring is 1. The number of alkyl halides is 3. The van der Waals surface area contributed by atoms with Crippen LogP contribution in [-0.4, -0.2) is 36.9 Å². The lowest BCUT2D eigenvalue weighted by atomic mass is 10.2. The predicted octanol–water partition coefficient (Wildman–Crippen LogP) is 2.29. The Bertz CT molecular complexity index is 1050. The molecule has 2 aromatic heterocycles.